The van der Waals surface area contributed by atoms with E-state index in [4.69, 9.17) is 27.9 Å². The van der Waals surface area contributed by atoms with E-state index in [9.17, 15) is 10.1 Å². The number of halogens is 3. The maximum Gasteiger partial charge on any atom is 0.271 e. The number of anilines is 1. The van der Waals surface area contributed by atoms with Gasteiger partial charge in [0.25, 0.3) is 5.69 Å². The van der Waals surface area contributed by atoms with Gasteiger partial charge in [0.15, 0.2) is 0 Å². The second-order valence-corrected chi connectivity index (χ2v) is 7.39. The SMILES string of the molecule is Cl.O=[N+]([O-])c1ccc(NCCNCc2cc(Cl)ccc2OCc2ccccc2)c(Cl)c1. The summed E-state index contributed by atoms with van der Waals surface area (Å²) < 4.78 is 5.96. The van der Waals surface area contributed by atoms with E-state index in [1.54, 1.807) is 6.07 Å². The lowest BCUT2D eigenvalue weighted by molar-refractivity contribution is -0.384. The summed E-state index contributed by atoms with van der Waals surface area (Å²) in [6.07, 6.45) is 0. The molecule has 0 amide bonds. The van der Waals surface area contributed by atoms with E-state index in [1.807, 2.05) is 48.5 Å². The Bertz CT molecular complexity index is 1000. The number of non-ortho nitro benzene ring substituents is 1. The molecule has 2 N–H and O–H groups in total. The summed E-state index contributed by atoms with van der Waals surface area (Å²) in [6, 6.07) is 19.9. The minimum absolute atomic E-state index is 0. The Kier molecular flexibility index (Phi) is 9.88. The second kappa shape index (κ2) is 12.4. The quantitative estimate of drug-likeness (QED) is 0.207. The molecule has 3 rings (SSSR count). The van der Waals surface area contributed by atoms with Crippen molar-refractivity contribution < 1.29 is 9.66 Å². The zero-order valence-electron chi connectivity index (χ0n) is 16.5. The van der Waals surface area contributed by atoms with Crippen LogP contribution in [0, 0.1) is 10.1 Å². The first kappa shape index (κ1) is 24.8. The van der Waals surface area contributed by atoms with E-state index in [-0.39, 0.29) is 18.1 Å². The lowest BCUT2D eigenvalue weighted by Gasteiger charge is -2.14. The molecule has 0 aromatic heterocycles. The monoisotopic (exact) mass is 481 g/mol. The largest absolute Gasteiger partial charge is 0.489 e. The molecule has 0 bridgehead atoms. The van der Waals surface area contributed by atoms with E-state index in [0.717, 1.165) is 16.9 Å². The van der Waals surface area contributed by atoms with E-state index < -0.39 is 4.92 Å². The van der Waals surface area contributed by atoms with Crippen molar-refractivity contribution in [3.63, 3.8) is 0 Å². The molecule has 0 unspecified atom stereocenters. The van der Waals surface area contributed by atoms with Crippen molar-refractivity contribution in [2.24, 2.45) is 0 Å². The Labute approximate surface area is 197 Å². The second-order valence-electron chi connectivity index (χ2n) is 6.55. The summed E-state index contributed by atoms with van der Waals surface area (Å²) in [6.45, 7) is 2.31. The summed E-state index contributed by atoms with van der Waals surface area (Å²) >= 11 is 12.2. The molecule has 3 aromatic rings. The normalized spacial score (nSPS) is 10.3. The number of nitro groups is 1. The van der Waals surface area contributed by atoms with E-state index in [0.29, 0.717) is 42.0 Å². The third-order valence-corrected chi connectivity index (χ3v) is 4.90. The molecule has 164 valence electrons. The standard InChI is InChI=1S/C22H21Cl2N3O3.ClH/c23-18-6-9-22(30-15-16-4-2-1-3-5-16)17(12-18)14-25-10-11-26-21-8-7-19(27(28)29)13-20(21)24;/h1-9,12-13,25-26H,10-11,14-15H2;1H. The highest BCUT2D eigenvalue weighted by atomic mass is 35.5. The lowest BCUT2D eigenvalue weighted by Crippen LogP contribution is -2.22. The Morgan fingerprint density at radius 1 is 0.968 bits per heavy atom. The molecule has 0 heterocycles. The Morgan fingerprint density at radius 3 is 2.45 bits per heavy atom. The van der Waals surface area contributed by atoms with E-state index in [2.05, 4.69) is 10.6 Å². The molecule has 6 nitrogen and oxygen atoms in total. The van der Waals surface area contributed by atoms with Crippen molar-refractivity contribution >= 4 is 47.0 Å². The number of nitro benzene ring substituents is 1. The number of nitrogens with zero attached hydrogens (tertiary/aromatic N) is 1. The van der Waals surface area contributed by atoms with Gasteiger partial charge in [-0.2, -0.15) is 0 Å². The summed E-state index contributed by atoms with van der Waals surface area (Å²) in [4.78, 5) is 10.3. The molecule has 0 saturated heterocycles. The molecule has 0 radical (unpaired) electrons. The number of rotatable bonds is 10. The fraction of sp³-hybridized carbons (Fsp3) is 0.182. The van der Waals surface area contributed by atoms with Gasteiger partial charge in [-0.1, -0.05) is 53.5 Å². The van der Waals surface area contributed by atoms with Gasteiger partial charge in [0, 0.05) is 42.4 Å². The fourth-order valence-electron chi connectivity index (χ4n) is 2.83. The molecule has 31 heavy (non-hydrogen) atoms. The first-order valence-corrected chi connectivity index (χ1v) is 10.1. The molecular formula is C22H22Cl3N3O3. The van der Waals surface area contributed by atoms with Crippen molar-refractivity contribution in [2.45, 2.75) is 13.2 Å². The van der Waals surface area contributed by atoms with E-state index >= 15 is 0 Å². The van der Waals surface area contributed by atoms with Crippen LogP contribution in [0.25, 0.3) is 0 Å². The average molecular weight is 483 g/mol. The number of hydrogen-bond acceptors (Lipinski definition) is 5. The van der Waals surface area contributed by atoms with Gasteiger partial charge in [-0.05, 0) is 29.8 Å². The highest BCUT2D eigenvalue weighted by Crippen LogP contribution is 2.26. The molecule has 0 aliphatic heterocycles. The minimum Gasteiger partial charge on any atom is -0.489 e. The molecule has 0 atom stereocenters. The topological polar surface area (TPSA) is 76.4 Å². The van der Waals surface area contributed by atoms with Crippen LogP contribution >= 0.6 is 35.6 Å². The summed E-state index contributed by atoms with van der Waals surface area (Å²) in [7, 11) is 0. The number of hydrogen-bond donors (Lipinski definition) is 2. The predicted octanol–water partition coefficient (Wildman–Crippen LogP) is 6.10. The van der Waals surface area contributed by atoms with Crippen LogP contribution < -0.4 is 15.4 Å². The zero-order chi connectivity index (χ0) is 21.3. The average Bonchev–Trinajstić information content (AvgIpc) is 2.74. The van der Waals surface area contributed by atoms with Gasteiger partial charge in [-0.15, -0.1) is 12.4 Å². The van der Waals surface area contributed by atoms with Crippen LogP contribution in [-0.2, 0) is 13.2 Å². The predicted molar refractivity (Wildman–Crippen MR) is 128 cm³/mol. The maximum atomic E-state index is 10.8. The van der Waals surface area contributed by atoms with Crippen LogP contribution in [0.1, 0.15) is 11.1 Å². The summed E-state index contributed by atoms with van der Waals surface area (Å²) in [5, 5.41) is 18.2. The highest BCUT2D eigenvalue weighted by molar-refractivity contribution is 6.33. The third kappa shape index (κ3) is 7.60. The van der Waals surface area contributed by atoms with Crippen molar-refractivity contribution in [2.75, 3.05) is 18.4 Å². The molecule has 9 heteroatoms. The first-order valence-electron chi connectivity index (χ1n) is 9.36. The van der Waals surface area contributed by atoms with Crippen molar-refractivity contribution in [1.29, 1.82) is 0 Å². The van der Waals surface area contributed by atoms with Crippen LogP contribution in [0.4, 0.5) is 11.4 Å². The fourth-order valence-corrected chi connectivity index (χ4v) is 3.27. The Hall–Kier alpha value is -2.51. The number of ether oxygens (including phenoxy) is 1. The highest BCUT2D eigenvalue weighted by Gasteiger charge is 2.09. The molecule has 0 saturated carbocycles. The van der Waals surface area contributed by atoms with Crippen molar-refractivity contribution in [3.8, 4) is 5.75 Å². The van der Waals surface area contributed by atoms with Gasteiger partial charge in [-0.25, -0.2) is 0 Å². The Morgan fingerprint density at radius 2 is 1.74 bits per heavy atom. The number of benzene rings is 3. The van der Waals surface area contributed by atoms with Crippen LogP contribution in [0.3, 0.4) is 0 Å². The van der Waals surface area contributed by atoms with Gasteiger partial charge >= 0.3 is 0 Å². The molecule has 0 aliphatic carbocycles. The van der Waals surface area contributed by atoms with Gasteiger partial charge in [0.1, 0.15) is 12.4 Å². The van der Waals surface area contributed by atoms with Crippen LogP contribution in [0.5, 0.6) is 5.75 Å². The molecule has 0 spiro atoms. The van der Waals surface area contributed by atoms with Crippen molar-refractivity contribution in [3.05, 3.63) is 98.0 Å². The van der Waals surface area contributed by atoms with Crippen LogP contribution in [-0.4, -0.2) is 18.0 Å². The van der Waals surface area contributed by atoms with Gasteiger partial charge in [0.2, 0.25) is 0 Å². The van der Waals surface area contributed by atoms with Gasteiger partial charge in [-0.3, -0.25) is 10.1 Å². The van der Waals surface area contributed by atoms with E-state index in [1.165, 1.54) is 12.1 Å². The van der Waals surface area contributed by atoms with Crippen LogP contribution in [0.2, 0.25) is 10.0 Å². The summed E-state index contributed by atoms with van der Waals surface area (Å²) in [5.41, 5.74) is 2.67. The minimum atomic E-state index is -0.473. The number of nitrogens with one attached hydrogen (secondary N) is 2. The Balaban J connectivity index is 0.00000341. The molecular weight excluding hydrogens is 461 g/mol. The lowest BCUT2D eigenvalue weighted by atomic mass is 10.2. The van der Waals surface area contributed by atoms with Gasteiger partial charge in [0.05, 0.1) is 15.6 Å². The van der Waals surface area contributed by atoms with Crippen molar-refractivity contribution in [1.82, 2.24) is 5.32 Å². The molecule has 0 aliphatic rings. The summed E-state index contributed by atoms with van der Waals surface area (Å²) in [5.74, 6) is 0.780. The third-order valence-electron chi connectivity index (χ3n) is 4.36. The molecule has 3 aromatic carbocycles. The maximum absolute atomic E-state index is 10.8. The zero-order valence-corrected chi connectivity index (χ0v) is 18.8. The van der Waals surface area contributed by atoms with Crippen LogP contribution in [0.15, 0.2) is 66.7 Å². The smallest absolute Gasteiger partial charge is 0.271 e. The van der Waals surface area contributed by atoms with Gasteiger partial charge < -0.3 is 15.4 Å². The molecule has 0 fully saturated rings. The first-order chi connectivity index (χ1) is 14.5.